The highest BCUT2D eigenvalue weighted by Crippen LogP contribution is 2.37. The summed E-state index contributed by atoms with van der Waals surface area (Å²) in [7, 11) is 0. The first-order valence-corrected chi connectivity index (χ1v) is 5.88. The van der Waals surface area contributed by atoms with Gasteiger partial charge in [-0.1, -0.05) is 0 Å². The third-order valence-corrected chi connectivity index (χ3v) is 3.30. The Morgan fingerprint density at radius 1 is 1.18 bits per heavy atom. The summed E-state index contributed by atoms with van der Waals surface area (Å²) in [6.45, 7) is 1.32. The van der Waals surface area contributed by atoms with Gasteiger partial charge in [-0.2, -0.15) is 13.2 Å². The molecular formula is C11H20F3NO2. The van der Waals surface area contributed by atoms with Crippen molar-refractivity contribution in [3.05, 3.63) is 0 Å². The molecule has 0 amide bonds. The number of hydrogen-bond donors (Lipinski definition) is 3. The van der Waals surface area contributed by atoms with Gasteiger partial charge in [-0.25, -0.2) is 0 Å². The molecule has 0 aliphatic heterocycles. The summed E-state index contributed by atoms with van der Waals surface area (Å²) in [4.78, 5) is 0. The lowest BCUT2D eigenvalue weighted by Gasteiger charge is -2.32. The Bertz CT molecular complexity index is 235. The third kappa shape index (κ3) is 4.81. The Labute approximate surface area is 99.0 Å². The first kappa shape index (κ1) is 14.7. The van der Waals surface area contributed by atoms with E-state index in [4.69, 9.17) is 5.11 Å². The molecule has 0 heterocycles. The van der Waals surface area contributed by atoms with Crippen molar-refractivity contribution in [1.82, 2.24) is 5.32 Å². The molecular weight excluding hydrogens is 235 g/mol. The van der Waals surface area contributed by atoms with E-state index in [0.717, 1.165) is 0 Å². The smallest absolute Gasteiger partial charge is 0.391 e. The van der Waals surface area contributed by atoms with E-state index in [1.807, 2.05) is 0 Å². The average molecular weight is 255 g/mol. The molecule has 3 N–H and O–H groups in total. The van der Waals surface area contributed by atoms with Crippen molar-refractivity contribution in [3.8, 4) is 0 Å². The molecule has 1 aliphatic rings. The highest BCUT2D eigenvalue weighted by Gasteiger charge is 2.41. The molecule has 3 nitrogen and oxygen atoms in total. The summed E-state index contributed by atoms with van der Waals surface area (Å²) in [6.07, 6.45) is -2.87. The lowest BCUT2D eigenvalue weighted by atomic mass is 9.85. The summed E-state index contributed by atoms with van der Waals surface area (Å²) in [5.74, 6) is -1.18. The minimum atomic E-state index is -4.08. The van der Waals surface area contributed by atoms with E-state index >= 15 is 0 Å². The van der Waals surface area contributed by atoms with Gasteiger partial charge in [0.25, 0.3) is 0 Å². The molecule has 1 rings (SSSR count). The predicted molar refractivity (Wildman–Crippen MR) is 57.5 cm³/mol. The van der Waals surface area contributed by atoms with Crippen LogP contribution in [0.2, 0.25) is 0 Å². The van der Waals surface area contributed by atoms with E-state index in [9.17, 15) is 18.3 Å². The molecule has 0 spiro atoms. The van der Waals surface area contributed by atoms with Crippen molar-refractivity contribution in [2.45, 2.75) is 50.4 Å². The lowest BCUT2D eigenvalue weighted by molar-refractivity contribution is -0.182. The van der Waals surface area contributed by atoms with E-state index in [2.05, 4.69) is 5.32 Å². The maximum absolute atomic E-state index is 12.4. The molecule has 6 heteroatoms. The van der Waals surface area contributed by atoms with Crippen molar-refractivity contribution in [1.29, 1.82) is 0 Å². The molecule has 1 atom stereocenters. The Balaban J connectivity index is 2.29. The SMILES string of the molecule is CC(O)(CO)CNC1CCC(C(F)(F)F)CC1. The Morgan fingerprint density at radius 3 is 2.12 bits per heavy atom. The van der Waals surface area contributed by atoms with Crippen LogP contribution < -0.4 is 5.32 Å². The number of nitrogens with one attached hydrogen (secondary N) is 1. The fraction of sp³-hybridized carbons (Fsp3) is 1.00. The fourth-order valence-corrected chi connectivity index (χ4v) is 2.04. The normalized spacial score (nSPS) is 30.0. The minimum Gasteiger partial charge on any atom is -0.393 e. The summed E-state index contributed by atoms with van der Waals surface area (Å²) in [5.41, 5.74) is -1.21. The van der Waals surface area contributed by atoms with Gasteiger partial charge in [-0.15, -0.1) is 0 Å². The monoisotopic (exact) mass is 255 g/mol. The molecule has 0 aromatic rings. The summed E-state index contributed by atoms with van der Waals surface area (Å²) >= 11 is 0. The maximum Gasteiger partial charge on any atom is 0.391 e. The second-order valence-corrected chi connectivity index (χ2v) is 5.13. The topological polar surface area (TPSA) is 52.5 Å². The van der Waals surface area contributed by atoms with Gasteiger partial charge < -0.3 is 15.5 Å². The van der Waals surface area contributed by atoms with E-state index in [0.29, 0.717) is 12.8 Å². The number of hydrogen-bond acceptors (Lipinski definition) is 3. The van der Waals surface area contributed by atoms with Crippen LogP contribution in [0.3, 0.4) is 0 Å². The zero-order valence-corrected chi connectivity index (χ0v) is 9.93. The number of alkyl halides is 3. The van der Waals surface area contributed by atoms with Crippen LogP contribution in [0.15, 0.2) is 0 Å². The van der Waals surface area contributed by atoms with Crippen molar-refractivity contribution in [2.75, 3.05) is 13.2 Å². The molecule has 102 valence electrons. The van der Waals surface area contributed by atoms with Crippen LogP contribution in [0, 0.1) is 5.92 Å². The molecule has 0 bridgehead atoms. The molecule has 0 aromatic heterocycles. The first-order chi connectivity index (χ1) is 7.74. The average Bonchev–Trinajstić information content (AvgIpc) is 2.26. The molecule has 1 saturated carbocycles. The van der Waals surface area contributed by atoms with E-state index < -0.39 is 17.7 Å². The Hall–Kier alpha value is -0.330. The molecule has 0 aromatic carbocycles. The van der Waals surface area contributed by atoms with Crippen LogP contribution >= 0.6 is 0 Å². The third-order valence-electron chi connectivity index (χ3n) is 3.30. The molecule has 1 unspecified atom stereocenters. The molecule has 0 radical (unpaired) electrons. The number of halogens is 3. The van der Waals surface area contributed by atoms with Gasteiger partial charge in [0, 0.05) is 12.6 Å². The second-order valence-electron chi connectivity index (χ2n) is 5.13. The van der Waals surface area contributed by atoms with Gasteiger partial charge in [0.1, 0.15) is 0 Å². The van der Waals surface area contributed by atoms with Crippen LogP contribution in [-0.4, -0.2) is 41.2 Å². The van der Waals surface area contributed by atoms with Crippen molar-refractivity contribution in [3.63, 3.8) is 0 Å². The van der Waals surface area contributed by atoms with E-state index in [1.165, 1.54) is 6.92 Å². The fourth-order valence-electron chi connectivity index (χ4n) is 2.04. The Kier molecular flexibility index (Phi) is 4.80. The van der Waals surface area contributed by atoms with Crippen LogP contribution in [0.4, 0.5) is 13.2 Å². The standard InChI is InChI=1S/C11H20F3NO2/c1-10(17,7-16)6-15-9-4-2-8(3-5-9)11(12,13)14/h8-9,15-17H,2-7H2,1H3. The quantitative estimate of drug-likeness (QED) is 0.712. The van der Waals surface area contributed by atoms with Crippen molar-refractivity contribution >= 4 is 0 Å². The largest absolute Gasteiger partial charge is 0.393 e. The number of aliphatic hydroxyl groups is 2. The van der Waals surface area contributed by atoms with E-state index in [1.54, 1.807) is 0 Å². The lowest BCUT2D eigenvalue weighted by Crippen LogP contribution is -2.46. The van der Waals surface area contributed by atoms with Gasteiger partial charge >= 0.3 is 6.18 Å². The highest BCUT2D eigenvalue weighted by atomic mass is 19.4. The predicted octanol–water partition coefficient (Wildman–Crippen LogP) is 1.44. The van der Waals surface area contributed by atoms with Crippen LogP contribution in [0.25, 0.3) is 0 Å². The highest BCUT2D eigenvalue weighted by molar-refractivity contribution is 4.83. The summed E-state index contributed by atoms with van der Waals surface area (Å²) in [6, 6.07) is 0.00613. The van der Waals surface area contributed by atoms with Crippen LogP contribution in [-0.2, 0) is 0 Å². The molecule has 1 fully saturated rings. The minimum absolute atomic E-state index is 0.00613. The first-order valence-electron chi connectivity index (χ1n) is 5.88. The van der Waals surface area contributed by atoms with Gasteiger partial charge in [0.05, 0.1) is 18.1 Å². The molecule has 17 heavy (non-hydrogen) atoms. The number of aliphatic hydroxyl groups excluding tert-OH is 1. The van der Waals surface area contributed by atoms with Crippen molar-refractivity contribution in [2.24, 2.45) is 5.92 Å². The van der Waals surface area contributed by atoms with Gasteiger partial charge in [0.2, 0.25) is 0 Å². The van der Waals surface area contributed by atoms with E-state index in [-0.39, 0.29) is 32.0 Å². The van der Waals surface area contributed by atoms with Crippen molar-refractivity contribution < 1.29 is 23.4 Å². The summed E-state index contributed by atoms with van der Waals surface area (Å²) in [5, 5.41) is 21.4. The second kappa shape index (κ2) is 5.54. The number of rotatable bonds is 4. The Morgan fingerprint density at radius 2 is 1.71 bits per heavy atom. The van der Waals surface area contributed by atoms with Gasteiger partial charge in [-0.05, 0) is 32.6 Å². The van der Waals surface area contributed by atoms with Gasteiger partial charge in [-0.3, -0.25) is 0 Å². The molecule has 1 aliphatic carbocycles. The zero-order chi connectivity index (χ0) is 13.1. The molecule has 0 saturated heterocycles. The van der Waals surface area contributed by atoms with Gasteiger partial charge in [0.15, 0.2) is 0 Å². The van der Waals surface area contributed by atoms with Crippen LogP contribution in [0.5, 0.6) is 0 Å². The summed E-state index contributed by atoms with van der Waals surface area (Å²) < 4.78 is 37.2. The maximum atomic E-state index is 12.4. The van der Waals surface area contributed by atoms with Crippen LogP contribution in [0.1, 0.15) is 32.6 Å². The zero-order valence-electron chi connectivity index (χ0n) is 9.93.